The molecule has 0 aliphatic carbocycles. The van der Waals surface area contributed by atoms with Gasteiger partial charge in [0.15, 0.2) is 0 Å². The van der Waals surface area contributed by atoms with Gasteiger partial charge in [0.05, 0.1) is 5.75 Å². The van der Waals surface area contributed by atoms with Crippen LogP contribution >= 0.6 is 17.0 Å². The topological polar surface area (TPSA) is 57.6 Å². The van der Waals surface area contributed by atoms with Gasteiger partial charge in [-0.05, 0) is 42.2 Å². The van der Waals surface area contributed by atoms with E-state index in [0.717, 1.165) is 25.8 Å². The van der Waals surface area contributed by atoms with E-state index in [4.69, 9.17) is 4.55 Å². The Balaban J connectivity index is 0.00000256. The van der Waals surface area contributed by atoms with Gasteiger partial charge in [0.1, 0.15) is 0 Å². The zero-order valence-corrected chi connectivity index (χ0v) is 21.7. The number of halogens is 1. The minimum atomic E-state index is -3.79. The molecule has 0 radical (unpaired) electrons. The Morgan fingerprint density at radius 3 is 2.09 bits per heavy atom. The van der Waals surface area contributed by atoms with Crippen molar-refractivity contribution in [3.8, 4) is 0 Å². The van der Waals surface area contributed by atoms with Gasteiger partial charge in [-0.2, -0.15) is 8.42 Å². The van der Waals surface area contributed by atoms with Crippen LogP contribution in [0.4, 0.5) is 5.69 Å². The molecule has 4 nitrogen and oxygen atoms in total. The third-order valence-corrected chi connectivity index (χ3v) is 7.73. The molecule has 0 spiro atoms. The number of fused-ring (bicyclic) bond motifs is 3. The molecular formula is C25H39BrNNaO3S. The first-order valence-corrected chi connectivity index (χ1v) is 13.1. The van der Waals surface area contributed by atoms with Gasteiger partial charge in [0, 0.05) is 23.7 Å². The molecule has 0 aromatic heterocycles. The summed E-state index contributed by atoms with van der Waals surface area (Å²) in [5, 5.41) is 2.72. The van der Waals surface area contributed by atoms with E-state index in [9.17, 15) is 8.42 Å². The molecule has 0 saturated heterocycles. The van der Waals surface area contributed by atoms with Crippen molar-refractivity contribution in [1.29, 1.82) is 0 Å². The van der Waals surface area contributed by atoms with Crippen LogP contribution in [0.3, 0.4) is 0 Å². The maximum absolute atomic E-state index is 10.7. The summed E-state index contributed by atoms with van der Waals surface area (Å²) in [5.74, 6) is -0.103. The molecule has 0 bridgehead atoms. The third-order valence-electron chi connectivity index (χ3n) is 6.92. The van der Waals surface area contributed by atoms with Gasteiger partial charge in [-0.25, -0.2) is 0 Å². The van der Waals surface area contributed by atoms with Crippen molar-refractivity contribution in [1.82, 2.24) is 0 Å². The summed E-state index contributed by atoms with van der Waals surface area (Å²) in [6.45, 7) is 8.22. The Hall–Kier alpha value is -0.110. The first-order chi connectivity index (χ1) is 14.2. The number of nitrogens with zero attached hydrogens (tertiary/aromatic N) is 1. The molecule has 0 fully saturated rings. The molecule has 1 aliphatic heterocycles. The van der Waals surface area contributed by atoms with Crippen LogP contribution in [0.15, 0.2) is 36.4 Å². The van der Waals surface area contributed by atoms with Gasteiger partial charge in [0.2, 0.25) is 0 Å². The second-order valence-corrected chi connectivity index (χ2v) is 11.0. The van der Waals surface area contributed by atoms with Crippen LogP contribution in [0.2, 0.25) is 0 Å². The van der Waals surface area contributed by atoms with E-state index in [0.29, 0.717) is 12.5 Å². The number of benzene rings is 2. The molecule has 0 saturated carbocycles. The standard InChI is InChI=1S/C25H37NO3S.BrH.Na.H/c1-20-25(2,3)24-22-15-11-10-14-21(22)16-17-23(24)26(20)18-12-8-6-4-5-7-9-13-19-30(27,28)29;;;/h10-11,14-17,20H,4-9,12-13,18-19H2,1-3H3,(H,27,28,29);1H;;. The number of hydrogen-bond donors (Lipinski definition) is 1. The van der Waals surface area contributed by atoms with Crippen LogP contribution in [-0.2, 0) is 15.5 Å². The quantitative estimate of drug-likeness (QED) is 0.209. The van der Waals surface area contributed by atoms with Crippen molar-refractivity contribution in [2.75, 3.05) is 17.2 Å². The summed E-state index contributed by atoms with van der Waals surface area (Å²) < 4.78 is 30.1. The predicted molar refractivity (Wildman–Crippen MR) is 145 cm³/mol. The van der Waals surface area contributed by atoms with Crippen LogP contribution in [0.5, 0.6) is 0 Å². The Kier molecular flexibility index (Phi) is 12.3. The number of hydrogen-bond acceptors (Lipinski definition) is 3. The number of unbranched alkanes of at least 4 members (excludes halogenated alkanes) is 7. The van der Waals surface area contributed by atoms with Gasteiger partial charge in [-0.15, -0.1) is 17.0 Å². The second-order valence-electron chi connectivity index (χ2n) is 9.39. The van der Waals surface area contributed by atoms with Crippen molar-refractivity contribution in [2.24, 2.45) is 0 Å². The normalized spacial score (nSPS) is 17.0. The molecule has 1 heterocycles. The molecule has 0 amide bonds. The molecular weight excluding hydrogens is 497 g/mol. The Morgan fingerprint density at radius 2 is 1.47 bits per heavy atom. The molecule has 2 aromatic rings. The first kappa shape index (κ1) is 29.9. The SMILES string of the molecule is Br.CC1N(CCCCCCCCCCS(=O)(=O)O)c2ccc3ccccc3c2C1(C)C.[NaH]. The summed E-state index contributed by atoms with van der Waals surface area (Å²) in [6.07, 6.45) is 8.51. The van der Waals surface area contributed by atoms with Crippen LogP contribution in [0.1, 0.15) is 77.7 Å². The van der Waals surface area contributed by atoms with E-state index in [1.54, 1.807) is 0 Å². The third kappa shape index (κ3) is 7.44. The van der Waals surface area contributed by atoms with Crippen molar-refractivity contribution in [3.63, 3.8) is 0 Å². The Morgan fingerprint density at radius 1 is 0.906 bits per heavy atom. The Bertz CT molecular complexity index is 965. The molecule has 32 heavy (non-hydrogen) atoms. The van der Waals surface area contributed by atoms with Gasteiger partial charge < -0.3 is 4.90 Å². The Labute approximate surface area is 227 Å². The van der Waals surface area contributed by atoms with Crippen molar-refractivity contribution in [2.45, 2.75) is 83.6 Å². The van der Waals surface area contributed by atoms with Gasteiger partial charge in [-0.3, -0.25) is 4.55 Å². The van der Waals surface area contributed by atoms with E-state index < -0.39 is 10.1 Å². The van der Waals surface area contributed by atoms with E-state index in [2.05, 4.69) is 62.1 Å². The molecule has 1 atom stereocenters. The number of rotatable bonds is 11. The van der Waals surface area contributed by atoms with Crippen LogP contribution in [-0.4, -0.2) is 60.9 Å². The fourth-order valence-electron chi connectivity index (χ4n) is 4.93. The average Bonchev–Trinajstić information content (AvgIpc) is 2.89. The molecule has 1 unspecified atom stereocenters. The van der Waals surface area contributed by atoms with Crippen molar-refractivity contribution >= 4 is 73.1 Å². The predicted octanol–water partition coefficient (Wildman–Crippen LogP) is 6.26. The van der Waals surface area contributed by atoms with Gasteiger partial charge in [0.25, 0.3) is 10.1 Å². The van der Waals surface area contributed by atoms with E-state index in [-0.39, 0.29) is 57.7 Å². The zero-order chi connectivity index (χ0) is 21.8. The summed E-state index contributed by atoms with van der Waals surface area (Å²) in [7, 11) is -3.79. The van der Waals surface area contributed by atoms with Crippen LogP contribution in [0, 0.1) is 0 Å². The molecule has 176 valence electrons. The van der Waals surface area contributed by atoms with Crippen LogP contribution in [0.25, 0.3) is 10.8 Å². The van der Waals surface area contributed by atoms with E-state index in [1.165, 1.54) is 47.7 Å². The molecule has 2 aromatic carbocycles. The van der Waals surface area contributed by atoms with Crippen molar-refractivity contribution < 1.29 is 13.0 Å². The fraction of sp³-hybridized carbons (Fsp3) is 0.600. The fourth-order valence-corrected chi connectivity index (χ4v) is 5.49. The van der Waals surface area contributed by atoms with Crippen molar-refractivity contribution in [3.05, 3.63) is 42.0 Å². The molecule has 1 N–H and O–H groups in total. The summed E-state index contributed by atoms with van der Waals surface area (Å²) in [4.78, 5) is 2.61. The monoisotopic (exact) mass is 535 g/mol. The number of anilines is 1. The molecule has 1 aliphatic rings. The van der Waals surface area contributed by atoms with Crippen LogP contribution < -0.4 is 4.90 Å². The minimum absolute atomic E-state index is 0. The molecule has 7 heteroatoms. The van der Waals surface area contributed by atoms with E-state index in [1.807, 2.05) is 0 Å². The average molecular weight is 537 g/mol. The molecule has 3 rings (SSSR count). The summed E-state index contributed by atoms with van der Waals surface area (Å²) >= 11 is 0. The summed E-state index contributed by atoms with van der Waals surface area (Å²) in [6, 6.07) is 13.8. The van der Waals surface area contributed by atoms with E-state index >= 15 is 0 Å². The first-order valence-electron chi connectivity index (χ1n) is 11.5. The van der Waals surface area contributed by atoms with Gasteiger partial charge >= 0.3 is 29.6 Å². The zero-order valence-electron chi connectivity index (χ0n) is 19.1. The second kappa shape index (κ2) is 13.1. The maximum atomic E-state index is 10.7. The van der Waals surface area contributed by atoms with Gasteiger partial charge in [-0.1, -0.05) is 82.7 Å². The summed E-state index contributed by atoms with van der Waals surface area (Å²) in [5.41, 5.74) is 3.04.